The summed E-state index contributed by atoms with van der Waals surface area (Å²) in [4.78, 5) is 0. The van der Waals surface area contributed by atoms with Crippen LogP contribution in [0, 0.1) is 102 Å². The molecule has 2 aliphatic carbocycles. The average molecular weight is 755 g/mol. The molecule has 7 rings (SSSR count). The lowest BCUT2D eigenvalue weighted by Gasteiger charge is -2.23. The van der Waals surface area contributed by atoms with Crippen molar-refractivity contribution in [3.05, 3.63) is 164 Å². The molecular formula is C46H14F4N8. The first-order valence-corrected chi connectivity index (χ1v) is 16.7. The van der Waals surface area contributed by atoms with Crippen LogP contribution in [-0.4, -0.2) is 0 Å². The minimum atomic E-state index is -1.26. The smallest absolute Gasteiger partial charge is 0.150 e. The predicted molar refractivity (Wildman–Crippen MR) is 201 cm³/mol. The molecule has 0 atom stereocenters. The van der Waals surface area contributed by atoms with Crippen LogP contribution in [0.25, 0.3) is 55.7 Å². The number of hydrogen-bond acceptors (Lipinski definition) is 8. The van der Waals surface area contributed by atoms with E-state index in [9.17, 15) is 50.9 Å². The van der Waals surface area contributed by atoms with Crippen molar-refractivity contribution < 1.29 is 17.6 Å². The summed E-state index contributed by atoms with van der Waals surface area (Å²) < 4.78 is 63.8. The number of halogens is 4. The summed E-state index contributed by atoms with van der Waals surface area (Å²) in [5, 5.41) is 81.8. The minimum Gasteiger partial charge on any atom is -0.207 e. The zero-order valence-electron chi connectivity index (χ0n) is 29.2. The summed E-state index contributed by atoms with van der Waals surface area (Å²) in [6.07, 6.45) is 0. The second kappa shape index (κ2) is 14.5. The number of benzene rings is 5. The lowest BCUT2D eigenvalue weighted by atomic mass is 9.77. The Balaban J connectivity index is 1.82. The normalized spacial score (nSPS) is 14.0. The third-order valence-corrected chi connectivity index (χ3v) is 9.55. The van der Waals surface area contributed by atoms with E-state index in [1.165, 1.54) is 60.7 Å². The highest BCUT2D eigenvalue weighted by Crippen LogP contribution is 2.61. The number of fused-ring (bicyclic) bond motifs is 2. The van der Waals surface area contributed by atoms with Crippen molar-refractivity contribution in [3.8, 4) is 70.8 Å². The molecule has 0 bridgehead atoms. The Bertz CT molecular complexity index is 2940. The van der Waals surface area contributed by atoms with Crippen molar-refractivity contribution in [2.24, 2.45) is 0 Å². The lowest BCUT2D eigenvalue weighted by molar-refractivity contribution is 0.627. The second-order valence-electron chi connectivity index (χ2n) is 12.6. The van der Waals surface area contributed by atoms with E-state index in [2.05, 4.69) is 0 Å². The molecule has 0 fully saturated rings. The van der Waals surface area contributed by atoms with E-state index in [1.807, 2.05) is 48.6 Å². The summed E-state index contributed by atoms with van der Waals surface area (Å²) in [6.45, 7) is 0. The molecule has 0 amide bonds. The molecule has 0 radical (unpaired) electrons. The summed E-state index contributed by atoms with van der Waals surface area (Å²) in [5.74, 6) is -3.96. The summed E-state index contributed by atoms with van der Waals surface area (Å²) in [6, 6.07) is 31.5. The summed E-state index contributed by atoms with van der Waals surface area (Å²) in [5.41, 5.74) is -5.19. The molecule has 266 valence electrons. The third kappa shape index (κ3) is 5.71. The molecule has 12 heteroatoms. The lowest BCUT2D eigenvalue weighted by Crippen LogP contribution is -2.05. The van der Waals surface area contributed by atoms with E-state index >= 15 is 8.78 Å². The molecule has 5 aromatic rings. The van der Waals surface area contributed by atoms with Crippen LogP contribution in [-0.2, 0) is 0 Å². The molecule has 0 saturated carbocycles. The van der Waals surface area contributed by atoms with Crippen LogP contribution in [0.15, 0.2) is 96.6 Å². The molecule has 0 heterocycles. The van der Waals surface area contributed by atoms with Crippen LogP contribution < -0.4 is 0 Å². The monoisotopic (exact) mass is 754 g/mol. The Morgan fingerprint density at radius 2 is 0.672 bits per heavy atom. The van der Waals surface area contributed by atoms with Crippen molar-refractivity contribution in [1.29, 1.82) is 42.1 Å². The van der Waals surface area contributed by atoms with Gasteiger partial charge in [0.15, 0.2) is 11.7 Å². The van der Waals surface area contributed by atoms with Gasteiger partial charge in [-0.1, -0.05) is 24.3 Å². The number of rotatable bonds is 4. The van der Waals surface area contributed by atoms with E-state index in [-0.39, 0.29) is 77.9 Å². The molecular weight excluding hydrogens is 741 g/mol. The second-order valence-corrected chi connectivity index (χ2v) is 12.6. The Kier molecular flexibility index (Phi) is 9.26. The molecule has 2 aliphatic rings. The van der Waals surface area contributed by atoms with Crippen LogP contribution in [0.5, 0.6) is 0 Å². The van der Waals surface area contributed by atoms with Gasteiger partial charge in [-0.05, 0) is 94.0 Å². The van der Waals surface area contributed by atoms with Gasteiger partial charge in [0.05, 0.1) is 68.8 Å². The number of nitrogens with zero attached hydrogens (tertiary/aromatic N) is 8. The minimum absolute atomic E-state index is 0.0448. The highest BCUT2D eigenvalue weighted by Gasteiger charge is 2.44. The maximum atomic E-state index is 17.4. The molecule has 58 heavy (non-hydrogen) atoms. The van der Waals surface area contributed by atoms with E-state index in [0.717, 1.165) is 24.3 Å². The standard InChI is InChI=1S/C46H14F4N8/c47-31-5-1-27(2-6-31)37-39-35(21-57)45(49)42(34(20-56)30-13-25(17-53)10-26(14-30)18-54)44(39)38(28-3-7-32(48)8-4-28)40-36(22-58)46(50)41(43(37)40)33(19-55)29-11-23(15-51)9-24(12-29)16-52/h1-14H/b41-33-,42-34-. The zero-order chi connectivity index (χ0) is 41.4. The molecule has 0 unspecified atom stereocenters. The Hall–Kier alpha value is -9.30. The average Bonchev–Trinajstić information content (AvgIpc) is 3.69. The van der Waals surface area contributed by atoms with Gasteiger partial charge in [-0.25, -0.2) is 17.6 Å². The first kappa shape index (κ1) is 37.0. The van der Waals surface area contributed by atoms with Crippen LogP contribution in [0.2, 0.25) is 0 Å². The molecule has 0 aliphatic heterocycles. The van der Waals surface area contributed by atoms with Gasteiger partial charge >= 0.3 is 0 Å². The van der Waals surface area contributed by atoms with Gasteiger partial charge in [0.2, 0.25) is 0 Å². The predicted octanol–water partition coefficient (Wildman–Crippen LogP) is 10.1. The maximum Gasteiger partial charge on any atom is 0.150 e. The number of nitriles is 8. The van der Waals surface area contributed by atoms with E-state index in [1.54, 1.807) is 0 Å². The Labute approximate surface area is 327 Å². The van der Waals surface area contributed by atoms with Gasteiger partial charge in [-0.2, -0.15) is 42.1 Å². The Morgan fingerprint density at radius 1 is 0.362 bits per heavy atom. The van der Waals surface area contributed by atoms with Crippen molar-refractivity contribution in [3.63, 3.8) is 0 Å². The fourth-order valence-electron chi connectivity index (χ4n) is 7.26. The van der Waals surface area contributed by atoms with E-state index in [0.29, 0.717) is 0 Å². The third-order valence-electron chi connectivity index (χ3n) is 9.55. The van der Waals surface area contributed by atoms with Gasteiger partial charge < -0.3 is 0 Å². The highest BCUT2D eigenvalue weighted by atomic mass is 19.1. The van der Waals surface area contributed by atoms with Crippen molar-refractivity contribution in [1.82, 2.24) is 0 Å². The SMILES string of the molecule is N#CC1=C(F)/C(=C(/C#N)c2cc(C#N)cc(C#N)c2)c2c1c(-c1ccc(F)cc1)c1c(c2-c2ccc(F)cc2)C(C#N)=C(F)/C1=C(/C#N)c1cc(C#N)cc(C#N)c1. The van der Waals surface area contributed by atoms with Gasteiger partial charge in [0, 0.05) is 33.4 Å². The quantitative estimate of drug-likeness (QED) is 0.128. The molecule has 0 spiro atoms. The summed E-state index contributed by atoms with van der Waals surface area (Å²) in [7, 11) is 0. The van der Waals surface area contributed by atoms with Gasteiger partial charge in [-0.15, -0.1) is 0 Å². The fourth-order valence-corrected chi connectivity index (χ4v) is 7.26. The van der Waals surface area contributed by atoms with Crippen LogP contribution in [0.1, 0.15) is 55.6 Å². The first-order valence-electron chi connectivity index (χ1n) is 16.7. The van der Waals surface area contributed by atoms with Crippen molar-refractivity contribution in [2.75, 3.05) is 0 Å². The molecule has 5 aromatic carbocycles. The van der Waals surface area contributed by atoms with Crippen molar-refractivity contribution >= 4 is 33.4 Å². The topological polar surface area (TPSA) is 190 Å². The summed E-state index contributed by atoms with van der Waals surface area (Å²) >= 11 is 0. The Morgan fingerprint density at radius 3 is 0.931 bits per heavy atom. The van der Waals surface area contributed by atoms with Crippen LogP contribution >= 0.6 is 0 Å². The van der Waals surface area contributed by atoms with Gasteiger partial charge in [0.25, 0.3) is 0 Å². The fraction of sp³-hybridized carbons (Fsp3) is 0. The number of hydrogen-bond donors (Lipinski definition) is 0. The number of allylic oxidation sites excluding steroid dienone is 8. The molecule has 0 aromatic heterocycles. The van der Waals surface area contributed by atoms with Crippen LogP contribution in [0.4, 0.5) is 17.6 Å². The first-order chi connectivity index (χ1) is 28.1. The highest BCUT2D eigenvalue weighted by molar-refractivity contribution is 6.25. The van der Waals surface area contributed by atoms with Crippen molar-refractivity contribution in [2.45, 2.75) is 0 Å². The van der Waals surface area contributed by atoms with Gasteiger partial charge in [0.1, 0.15) is 35.9 Å². The molecule has 0 saturated heterocycles. The maximum absolute atomic E-state index is 17.4. The van der Waals surface area contributed by atoms with E-state index < -0.39 is 56.7 Å². The van der Waals surface area contributed by atoms with Gasteiger partial charge in [-0.3, -0.25) is 0 Å². The molecule has 0 N–H and O–H groups in total. The van der Waals surface area contributed by atoms with E-state index in [4.69, 9.17) is 0 Å². The zero-order valence-corrected chi connectivity index (χ0v) is 29.2. The van der Waals surface area contributed by atoms with Crippen LogP contribution in [0.3, 0.4) is 0 Å². The molecule has 8 nitrogen and oxygen atoms in total. The largest absolute Gasteiger partial charge is 0.207 e.